The van der Waals surface area contributed by atoms with E-state index in [9.17, 15) is 30.3 Å². The molecular weight excluding hydrogens is 748 g/mol. The molecule has 0 bridgehead atoms. The zero-order valence-electron chi connectivity index (χ0n) is 32.5. The van der Waals surface area contributed by atoms with Crippen molar-refractivity contribution in [2.75, 3.05) is 20.3 Å². The number of hydrogen-bond acceptors (Lipinski definition) is 13. The number of carbonyl (C=O) groups is 1. The van der Waals surface area contributed by atoms with E-state index in [-0.39, 0.29) is 39.5 Å². The van der Waals surface area contributed by atoms with Gasteiger partial charge in [-0.05, 0) is 28.7 Å². The summed E-state index contributed by atoms with van der Waals surface area (Å²) in [5.74, 6) is -1.72. The summed E-state index contributed by atoms with van der Waals surface area (Å²) in [6.07, 6.45) is -13.0. The third-order valence-electron chi connectivity index (χ3n) is 10.7. The maximum absolute atomic E-state index is 14.1. The minimum atomic E-state index is -2.03. The van der Waals surface area contributed by atoms with Crippen LogP contribution in [-0.2, 0) is 64.4 Å². The zero-order valence-corrected chi connectivity index (χ0v) is 32.5. The summed E-state index contributed by atoms with van der Waals surface area (Å²) >= 11 is 0. The second-order valence-electron chi connectivity index (χ2n) is 14.8. The number of aliphatic hydroxyl groups excluding tert-OH is 5. The highest BCUT2D eigenvalue weighted by Gasteiger charge is 2.59. The first-order valence-corrected chi connectivity index (χ1v) is 19.5. The molecule has 2 aliphatic rings. The molecule has 0 radical (unpaired) electrons. The van der Waals surface area contributed by atoms with Gasteiger partial charge in [-0.25, -0.2) is 4.79 Å². The fourth-order valence-electron chi connectivity index (χ4n) is 7.65. The Morgan fingerprint density at radius 3 is 1.71 bits per heavy atom. The van der Waals surface area contributed by atoms with Crippen molar-refractivity contribution >= 4 is 5.97 Å². The third kappa shape index (κ3) is 11.1. The van der Waals surface area contributed by atoms with Crippen LogP contribution in [0.5, 0.6) is 0 Å². The van der Waals surface area contributed by atoms with Crippen LogP contribution in [0.25, 0.3) is 0 Å². The summed E-state index contributed by atoms with van der Waals surface area (Å²) in [7, 11) is 1.17. The molecule has 2 aliphatic heterocycles. The summed E-state index contributed by atoms with van der Waals surface area (Å²) in [6.45, 7) is -0.156. The molecule has 2 heterocycles. The van der Waals surface area contributed by atoms with Gasteiger partial charge in [0.2, 0.25) is 0 Å². The molecule has 0 aromatic heterocycles. The van der Waals surface area contributed by atoms with Gasteiger partial charge in [0.1, 0.15) is 36.6 Å². The normalized spacial score (nSPS) is 28.4. The molecule has 13 nitrogen and oxygen atoms in total. The average Bonchev–Trinajstić information content (AvgIpc) is 3.26. The van der Waals surface area contributed by atoms with E-state index in [0.29, 0.717) is 0 Å². The molecule has 0 saturated carbocycles. The largest absolute Gasteiger partial charge is 0.467 e. The van der Waals surface area contributed by atoms with Crippen molar-refractivity contribution in [3.8, 4) is 0 Å². The molecule has 5 N–H and O–H groups in total. The molecule has 0 amide bonds. The molecule has 0 aliphatic carbocycles. The standard InChI is InChI=1S/C45H54O13/c1-52-44(51)45(23-35(47)38(49)42(58-45)39(50)36(48)24-46)22-34-40(54-26-31-16-8-3-9-17-31)37(29-53-25-30-14-6-2-7-15-30)57-43(56-28-33-20-12-5-13-21-33)41(34)55-27-32-18-10-4-11-19-32/h2-21,34-43,46-50H,22-29H2,1H3/t34-,35-,36+,37+,38-,39+,40+,41+,42+,43+,45+/m0/s1. The Hall–Kier alpha value is -4.09. The molecule has 0 spiro atoms. The van der Waals surface area contributed by atoms with Crippen molar-refractivity contribution < 1.29 is 63.5 Å². The summed E-state index contributed by atoms with van der Waals surface area (Å²) in [4.78, 5) is 14.1. The van der Waals surface area contributed by atoms with Gasteiger partial charge in [0.25, 0.3) is 0 Å². The summed E-state index contributed by atoms with van der Waals surface area (Å²) in [5, 5.41) is 53.5. The lowest BCUT2D eigenvalue weighted by molar-refractivity contribution is -0.323. The maximum atomic E-state index is 14.1. The first kappa shape index (κ1) is 43.5. The summed E-state index contributed by atoms with van der Waals surface area (Å²) < 4.78 is 44.8. The van der Waals surface area contributed by atoms with Crippen LogP contribution >= 0.6 is 0 Å². The smallest absolute Gasteiger partial charge is 0.338 e. The third-order valence-corrected chi connectivity index (χ3v) is 10.7. The van der Waals surface area contributed by atoms with Gasteiger partial charge in [0.15, 0.2) is 11.9 Å². The Morgan fingerprint density at radius 2 is 1.21 bits per heavy atom. The van der Waals surface area contributed by atoms with Crippen LogP contribution in [0.3, 0.4) is 0 Å². The van der Waals surface area contributed by atoms with Crippen LogP contribution in [0.1, 0.15) is 35.1 Å². The van der Waals surface area contributed by atoms with Crippen molar-refractivity contribution in [3.63, 3.8) is 0 Å². The number of aliphatic hydroxyl groups is 5. The number of ether oxygens (including phenoxy) is 7. The summed E-state index contributed by atoms with van der Waals surface area (Å²) in [5.41, 5.74) is 1.51. The van der Waals surface area contributed by atoms with Crippen molar-refractivity contribution in [1.82, 2.24) is 0 Å². The number of methoxy groups -OCH3 is 1. The van der Waals surface area contributed by atoms with E-state index in [0.717, 1.165) is 22.3 Å². The first-order chi connectivity index (χ1) is 28.2. The van der Waals surface area contributed by atoms with Crippen molar-refractivity contribution in [1.29, 1.82) is 0 Å². The Bertz CT molecular complexity index is 1790. The topological polar surface area (TPSA) is 183 Å². The predicted octanol–water partition coefficient (Wildman–Crippen LogP) is 3.46. The number of rotatable bonds is 19. The molecule has 13 heteroatoms. The number of esters is 1. The monoisotopic (exact) mass is 802 g/mol. The van der Waals surface area contributed by atoms with Gasteiger partial charge >= 0.3 is 5.97 Å². The van der Waals surface area contributed by atoms with E-state index < -0.39 is 85.6 Å². The highest BCUT2D eigenvalue weighted by atomic mass is 16.7. The Morgan fingerprint density at radius 1 is 0.724 bits per heavy atom. The Labute approximate surface area is 338 Å². The van der Waals surface area contributed by atoms with Crippen LogP contribution in [0.4, 0.5) is 0 Å². The molecular formula is C45H54O13. The maximum Gasteiger partial charge on any atom is 0.338 e. The molecule has 4 aromatic carbocycles. The van der Waals surface area contributed by atoms with Crippen LogP contribution in [0, 0.1) is 5.92 Å². The number of carbonyl (C=O) groups excluding carboxylic acids is 1. The molecule has 2 saturated heterocycles. The van der Waals surface area contributed by atoms with Gasteiger partial charge in [-0.1, -0.05) is 121 Å². The second kappa shape index (κ2) is 21.3. The van der Waals surface area contributed by atoms with Crippen LogP contribution < -0.4 is 0 Å². The lowest BCUT2D eigenvalue weighted by atomic mass is 9.75. The van der Waals surface area contributed by atoms with E-state index in [1.165, 1.54) is 7.11 Å². The van der Waals surface area contributed by atoms with E-state index in [2.05, 4.69) is 0 Å². The lowest BCUT2D eigenvalue weighted by Crippen LogP contribution is -2.66. The van der Waals surface area contributed by atoms with Gasteiger partial charge in [0, 0.05) is 12.3 Å². The highest BCUT2D eigenvalue weighted by Crippen LogP contribution is 2.44. The molecule has 4 aromatic rings. The molecule has 2 fully saturated rings. The lowest BCUT2D eigenvalue weighted by Gasteiger charge is -2.51. The predicted molar refractivity (Wildman–Crippen MR) is 209 cm³/mol. The van der Waals surface area contributed by atoms with E-state index in [1.54, 1.807) is 0 Å². The molecule has 0 unspecified atom stereocenters. The van der Waals surface area contributed by atoms with Crippen LogP contribution in [0.2, 0.25) is 0 Å². The number of hydrogen-bond donors (Lipinski definition) is 5. The molecule has 11 atom stereocenters. The van der Waals surface area contributed by atoms with E-state index >= 15 is 0 Å². The second-order valence-corrected chi connectivity index (χ2v) is 14.8. The fourth-order valence-corrected chi connectivity index (χ4v) is 7.65. The van der Waals surface area contributed by atoms with Crippen molar-refractivity contribution in [3.05, 3.63) is 144 Å². The van der Waals surface area contributed by atoms with Gasteiger partial charge in [-0.3, -0.25) is 0 Å². The molecule has 312 valence electrons. The number of benzene rings is 4. The van der Waals surface area contributed by atoms with Crippen molar-refractivity contribution in [2.24, 2.45) is 5.92 Å². The molecule has 58 heavy (non-hydrogen) atoms. The SMILES string of the molecule is COC(=O)[C@@]1(C[C@H]2[C@@H](OCc3ccccc3)[C@@H](COCc3ccccc3)O[C@@H](OCc3ccccc3)[C@@H]2OCc2ccccc2)C[C@H](O)[C@H](O)[C@H]([C@H](O)[C@H](O)CO)O1. The Kier molecular flexibility index (Phi) is 15.9. The minimum Gasteiger partial charge on any atom is -0.467 e. The quantitative estimate of drug-likeness (QED) is 0.0871. The van der Waals surface area contributed by atoms with Crippen LogP contribution in [-0.4, -0.2) is 113 Å². The summed E-state index contributed by atoms with van der Waals surface area (Å²) in [6, 6.07) is 38.3. The van der Waals surface area contributed by atoms with Crippen molar-refractivity contribution in [2.45, 2.75) is 100.0 Å². The fraction of sp³-hybridized carbons (Fsp3) is 0.444. The first-order valence-electron chi connectivity index (χ1n) is 19.5. The zero-order chi connectivity index (χ0) is 40.9. The molecule has 6 rings (SSSR count). The van der Waals surface area contributed by atoms with Crippen LogP contribution in [0.15, 0.2) is 121 Å². The van der Waals surface area contributed by atoms with Gasteiger partial charge in [0.05, 0.1) is 59.0 Å². The van der Waals surface area contributed by atoms with Gasteiger partial charge in [-0.15, -0.1) is 0 Å². The Balaban J connectivity index is 1.43. The van der Waals surface area contributed by atoms with Gasteiger partial charge in [-0.2, -0.15) is 0 Å². The van der Waals surface area contributed by atoms with E-state index in [4.69, 9.17) is 33.2 Å². The average molecular weight is 803 g/mol. The minimum absolute atomic E-state index is 0.0406. The highest BCUT2D eigenvalue weighted by molar-refractivity contribution is 5.80. The van der Waals surface area contributed by atoms with Gasteiger partial charge < -0.3 is 58.7 Å². The van der Waals surface area contributed by atoms with E-state index in [1.807, 2.05) is 121 Å².